The number of carbonyl (C=O) groups excluding carboxylic acids is 2. The molecule has 2 rings (SSSR count). The predicted molar refractivity (Wildman–Crippen MR) is 96.7 cm³/mol. The summed E-state index contributed by atoms with van der Waals surface area (Å²) in [5.74, 6) is -0.123. The van der Waals surface area contributed by atoms with Gasteiger partial charge in [0.2, 0.25) is 5.91 Å². The molecule has 0 aliphatic heterocycles. The predicted octanol–water partition coefficient (Wildman–Crippen LogP) is 3.17. The molecule has 0 saturated heterocycles. The Balaban J connectivity index is 1.83. The van der Waals surface area contributed by atoms with E-state index in [2.05, 4.69) is 5.32 Å². The van der Waals surface area contributed by atoms with Gasteiger partial charge in [-0.15, -0.1) is 0 Å². The van der Waals surface area contributed by atoms with Crippen LogP contribution in [0.5, 0.6) is 0 Å². The van der Waals surface area contributed by atoms with Gasteiger partial charge in [-0.25, -0.2) is 0 Å². The molecular formula is C20H24N2O2. The fraction of sp³-hybridized carbons (Fsp3) is 0.300. The van der Waals surface area contributed by atoms with Crippen LogP contribution in [0.1, 0.15) is 36.5 Å². The van der Waals surface area contributed by atoms with Gasteiger partial charge < -0.3 is 11.1 Å². The van der Waals surface area contributed by atoms with Crippen LogP contribution in [0.15, 0.2) is 54.6 Å². The molecule has 2 aromatic rings. The van der Waals surface area contributed by atoms with Gasteiger partial charge in [-0.05, 0) is 24.5 Å². The maximum absolute atomic E-state index is 12.2. The normalized spacial score (nSPS) is 11.8. The summed E-state index contributed by atoms with van der Waals surface area (Å²) in [4.78, 5) is 23.9. The molecule has 0 radical (unpaired) electrons. The zero-order valence-corrected chi connectivity index (χ0v) is 14.0. The van der Waals surface area contributed by atoms with E-state index in [4.69, 9.17) is 5.73 Å². The quantitative estimate of drug-likeness (QED) is 0.733. The minimum absolute atomic E-state index is 0.0167. The lowest BCUT2D eigenvalue weighted by molar-refractivity contribution is -0.121. The number of amides is 1. The maximum Gasteiger partial charge on any atom is 0.220 e. The molecule has 4 heteroatoms. The van der Waals surface area contributed by atoms with E-state index >= 15 is 0 Å². The summed E-state index contributed by atoms with van der Waals surface area (Å²) in [6.45, 7) is 2.45. The number of rotatable bonds is 8. The average molecular weight is 324 g/mol. The van der Waals surface area contributed by atoms with Crippen LogP contribution in [-0.4, -0.2) is 24.3 Å². The smallest absolute Gasteiger partial charge is 0.220 e. The second kappa shape index (κ2) is 8.99. The van der Waals surface area contributed by atoms with Crippen LogP contribution in [0.3, 0.4) is 0 Å². The first-order chi connectivity index (χ1) is 11.6. The van der Waals surface area contributed by atoms with E-state index in [0.29, 0.717) is 12.1 Å². The van der Waals surface area contributed by atoms with Crippen LogP contribution in [-0.2, 0) is 4.79 Å². The Morgan fingerprint density at radius 1 is 0.958 bits per heavy atom. The van der Waals surface area contributed by atoms with Crippen molar-refractivity contribution >= 4 is 11.7 Å². The summed E-state index contributed by atoms with van der Waals surface area (Å²) in [7, 11) is 0. The molecule has 0 bridgehead atoms. The monoisotopic (exact) mass is 324 g/mol. The average Bonchev–Trinajstić information content (AvgIpc) is 2.60. The Labute approximate surface area is 143 Å². The van der Waals surface area contributed by atoms with Gasteiger partial charge in [0.15, 0.2) is 5.78 Å². The topological polar surface area (TPSA) is 72.2 Å². The van der Waals surface area contributed by atoms with E-state index in [0.717, 1.165) is 17.5 Å². The highest BCUT2D eigenvalue weighted by molar-refractivity contribution is 5.98. The second-order valence-corrected chi connectivity index (χ2v) is 5.98. The molecule has 4 nitrogen and oxygen atoms in total. The highest BCUT2D eigenvalue weighted by Gasteiger charge is 2.09. The first-order valence-electron chi connectivity index (χ1n) is 8.27. The summed E-state index contributed by atoms with van der Waals surface area (Å²) >= 11 is 0. The van der Waals surface area contributed by atoms with Gasteiger partial charge >= 0.3 is 0 Å². The third-order valence-corrected chi connectivity index (χ3v) is 3.81. The first-order valence-corrected chi connectivity index (χ1v) is 8.27. The Morgan fingerprint density at radius 2 is 1.58 bits per heavy atom. The van der Waals surface area contributed by atoms with Gasteiger partial charge in [0.05, 0.1) is 0 Å². The Hall–Kier alpha value is -2.46. The van der Waals surface area contributed by atoms with E-state index in [1.54, 1.807) is 0 Å². The lowest BCUT2D eigenvalue weighted by Gasteiger charge is -2.07. The van der Waals surface area contributed by atoms with Gasteiger partial charge in [-0.3, -0.25) is 9.59 Å². The molecule has 0 spiro atoms. The molecule has 0 aliphatic carbocycles. The van der Waals surface area contributed by atoms with Crippen LogP contribution in [0.2, 0.25) is 0 Å². The van der Waals surface area contributed by atoms with Crippen LogP contribution in [0, 0.1) is 0 Å². The minimum Gasteiger partial charge on any atom is -0.356 e. The van der Waals surface area contributed by atoms with Gasteiger partial charge in [0.1, 0.15) is 0 Å². The second-order valence-electron chi connectivity index (χ2n) is 5.98. The molecule has 24 heavy (non-hydrogen) atoms. The lowest BCUT2D eigenvalue weighted by Crippen LogP contribution is -2.29. The van der Waals surface area contributed by atoms with Crippen molar-refractivity contribution in [2.75, 3.05) is 6.54 Å². The number of benzene rings is 2. The van der Waals surface area contributed by atoms with E-state index < -0.39 is 0 Å². The zero-order chi connectivity index (χ0) is 17.4. The molecule has 2 aromatic carbocycles. The molecule has 3 N–H and O–H groups in total. The van der Waals surface area contributed by atoms with E-state index in [1.165, 1.54) is 0 Å². The molecule has 0 heterocycles. The van der Waals surface area contributed by atoms with E-state index in [-0.39, 0.29) is 30.6 Å². The fourth-order valence-electron chi connectivity index (χ4n) is 2.38. The summed E-state index contributed by atoms with van der Waals surface area (Å²) < 4.78 is 0. The molecule has 0 saturated carbocycles. The van der Waals surface area contributed by atoms with Gasteiger partial charge in [-0.1, -0.05) is 54.6 Å². The molecule has 126 valence electrons. The van der Waals surface area contributed by atoms with E-state index in [9.17, 15) is 9.59 Å². The summed E-state index contributed by atoms with van der Waals surface area (Å²) in [5.41, 5.74) is 8.45. The van der Waals surface area contributed by atoms with E-state index in [1.807, 2.05) is 61.5 Å². The van der Waals surface area contributed by atoms with Crippen molar-refractivity contribution in [3.8, 4) is 11.1 Å². The van der Waals surface area contributed by atoms with Crippen molar-refractivity contribution in [1.82, 2.24) is 5.32 Å². The lowest BCUT2D eigenvalue weighted by atomic mass is 10.0. The standard InChI is InChI=1S/C20H24N2O2/c1-15(21)13-14-22-20(24)12-11-19(23)18-9-7-17(8-10-18)16-5-3-2-4-6-16/h2-10,15H,11-14,21H2,1H3,(H,22,24). The zero-order valence-electron chi connectivity index (χ0n) is 14.0. The highest BCUT2D eigenvalue weighted by Crippen LogP contribution is 2.19. The first kappa shape index (κ1) is 17.9. The number of nitrogens with two attached hydrogens (primary N) is 1. The molecule has 1 unspecified atom stereocenters. The van der Waals surface area contributed by atoms with Crippen molar-refractivity contribution in [3.05, 3.63) is 60.2 Å². The molecule has 1 atom stereocenters. The number of nitrogens with one attached hydrogen (secondary N) is 1. The van der Waals surface area contributed by atoms with Crippen LogP contribution in [0.25, 0.3) is 11.1 Å². The van der Waals surface area contributed by atoms with Crippen LogP contribution in [0.4, 0.5) is 0 Å². The fourth-order valence-corrected chi connectivity index (χ4v) is 2.38. The maximum atomic E-state index is 12.2. The SMILES string of the molecule is CC(N)CCNC(=O)CCC(=O)c1ccc(-c2ccccc2)cc1. The Bertz CT molecular complexity index is 664. The largest absolute Gasteiger partial charge is 0.356 e. The minimum atomic E-state index is -0.107. The summed E-state index contributed by atoms with van der Waals surface area (Å²) in [6.07, 6.45) is 1.16. The highest BCUT2D eigenvalue weighted by atomic mass is 16.2. The van der Waals surface area contributed by atoms with Crippen molar-refractivity contribution in [3.63, 3.8) is 0 Å². The van der Waals surface area contributed by atoms with Crippen LogP contribution < -0.4 is 11.1 Å². The Kier molecular flexibility index (Phi) is 6.70. The van der Waals surface area contributed by atoms with Crippen molar-refractivity contribution < 1.29 is 9.59 Å². The third-order valence-electron chi connectivity index (χ3n) is 3.81. The van der Waals surface area contributed by atoms with Crippen LogP contribution >= 0.6 is 0 Å². The van der Waals surface area contributed by atoms with Gasteiger partial charge in [-0.2, -0.15) is 0 Å². The number of ketones is 1. The van der Waals surface area contributed by atoms with Gasteiger partial charge in [0, 0.05) is 31.0 Å². The van der Waals surface area contributed by atoms with Crippen molar-refractivity contribution in [2.24, 2.45) is 5.73 Å². The van der Waals surface area contributed by atoms with Crippen molar-refractivity contribution in [1.29, 1.82) is 0 Å². The van der Waals surface area contributed by atoms with Gasteiger partial charge in [0.25, 0.3) is 0 Å². The third kappa shape index (κ3) is 5.63. The number of hydrogen-bond donors (Lipinski definition) is 2. The molecule has 0 fully saturated rings. The summed E-state index contributed by atoms with van der Waals surface area (Å²) in [5, 5.41) is 2.78. The number of carbonyl (C=O) groups is 2. The molecule has 0 aromatic heterocycles. The number of hydrogen-bond acceptors (Lipinski definition) is 3. The Morgan fingerprint density at radius 3 is 2.21 bits per heavy atom. The molecule has 0 aliphatic rings. The summed E-state index contributed by atoms with van der Waals surface area (Å²) in [6, 6.07) is 17.6. The number of Topliss-reactive ketones (excluding diaryl/α,β-unsaturated/α-hetero) is 1. The van der Waals surface area contributed by atoms with Crippen molar-refractivity contribution in [2.45, 2.75) is 32.2 Å². The molecule has 1 amide bonds. The molecular weight excluding hydrogens is 300 g/mol.